The number of nitrogens with one attached hydrogen (secondary N) is 1. The summed E-state index contributed by atoms with van der Waals surface area (Å²) in [7, 11) is -3.52. The van der Waals surface area contributed by atoms with Crippen molar-refractivity contribution in [2.24, 2.45) is 11.8 Å². The molecule has 5 nitrogen and oxygen atoms in total. The van der Waals surface area contributed by atoms with E-state index in [4.69, 9.17) is 0 Å². The van der Waals surface area contributed by atoms with Crippen molar-refractivity contribution in [1.29, 1.82) is 0 Å². The predicted molar refractivity (Wildman–Crippen MR) is 95.4 cm³/mol. The monoisotopic (exact) mass is 350 g/mol. The molecule has 24 heavy (non-hydrogen) atoms. The highest BCUT2D eigenvalue weighted by molar-refractivity contribution is 7.92. The van der Waals surface area contributed by atoms with Crippen molar-refractivity contribution in [2.75, 3.05) is 17.1 Å². The first-order valence-corrected chi connectivity index (χ1v) is 10.6. The Balaban J connectivity index is 1.74. The Labute approximate surface area is 144 Å². The van der Waals surface area contributed by atoms with Gasteiger partial charge in [0.2, 0.25) is 15.9 Å². The van der Waals surface area contributed by atoms with Crippen LogP contribution in [-0.4, -0.2) is 33.2 Å². The number of aryl methyl sites for hydroxylation is 1. The van der Waals surface area contributed by atoms with Crippen LogP contribution in [0.15, 0.2) is 24.3 Å². The van der Waals surface area contributed by atoms with Crippen molar-refractivity contribution in [2.45, 2.75) is 45.1 Å². The summed E-state index contributed by atoms with van der Waals surface area (Å²) in [6.45, 7) is 1.83. The van der Waals surface area contributed by atoms with E-state index in [9.17, 15) is 13.2 Å². The van der Waals surface area contributed by atoms with Gasteiger partial charge in [-0.25, -0.2) is 8.42 Å². The fourth-order valence-corrected chi connectivity index (χ4v) is 5.13. The lowest BCUT2D eigenvalue weighted by atomic mass is 9.95. The number of hydrogen-bond donors (Lipinski definition) is 1. The van der Waals surface area contributed by atoms with Crippen molar-refractivity contribution in [3.05, 3.63) is 29.8 Å². The van der Waals surface area contributed by atoms with Crippen LogP contribution in [-0.2, 0) is 21.2 Å². The van der Waals surface area contributed by atoms with Gasteiger partial charge in [-0.15, -0.1) is 0 Å². The largest absolute Gasteiger partial charge is 0.352 e. The molecular formula is C18H26N2O3S. The minimum atomic E-state index is -3.52. The van der Waals surface area contributed by atoms with Crippen LogP contribution in [0.2, 0.25) is 0 Å². The Morgan fingerprint density at radius 3 is 2.58 bits per heavy atom. The van der Waals surface area contributed by atoms with Gasteiger partial charge in [0.05, 0.1) is 11.9 Å². The van der Waals surface area contributed by atoms with E-state index in [1.807, 2.05) is 19.1 Å². The zero-order chi connectivity index (χ0) is 17.3. The number of carbonyl (C=O) groups excluding carboxylic acids is 1. The number of hydrogen-bond acceptors (Lipinski definition) is 3. The maximum atomic E-state index is 12.5. The van der Waals surface area contributed by atoms with Gasteiger partial charge < -0.3 is 5.32 Å². The van der Waals surface area contributed by atoms with Crippen LogP contribution in [0.4, 0.5) is 5.69 Å². The summed E-state index contributed by atoms with van der Waals surface area (Å²) in [5.74, 6) is 1.12. The molecule has 3 atom stereocenters. The number of para-hydroxylation sites is 1. The Bertz CT molecular complexity index is 717. The van der Waals surface area contributed by atoms with Crippen LogP contribution in [0, 0.1) is 11.8 Å². The molecule has 1 N–H and O–H groups in total. The summed E-state index contributed by atoms with van der Waals surface area (Å²) < 4.78 is 25.7. The van der Waals surface area contributed by atoms with E-state index in [1.165, 1.54) is 23.6 Å². The van der Waals surface area contributed by atoms with Crippen LogP contribution < -0.4 is 9.62 Å². The average Bonchev–Trinajstić information content (AvgIpc) is 3.14. The lowest BCUT2D eigenvalue weighted by Crippen LogP contribution is -2.45. The predicted octanol–water partition coefficient (Wildman–Crippen LogP) is 2.32. The molecule has 0 aliphatic heterocycles. The molecular weight excluding hydrogens is 324 g/mol. The van der Waals surface area contributed by atoms with Crippen molar-refractivity contribution in [1.82, 2.24) is 5.32 Å². The highest BCUT2D eigenvalue weighted by atomic mass is 32.2. The van der Waals surface area contributed by atoms with E-state index in [-0.39, 0.29) is 18.5 Å². The van der Waals surface area contributed by atoms with Crippen molar-refractivity contribution in [3.63, 3.8) is 0 Å². The van der Waals surface area contributed by atoms with Gasteiger partial charge >= 0.3 is 0 Å². The Hall–Kier alpha value is -1.56. The average molecular weight is 350 g/mol. The van der Waals surface area contributed by atoms with Crippen LogP contribution in [0.5, 0.6) is 0 Å². The zero-order valence-corrected chi connectivity index (χ0v) is 15.2. The number of nitrogens with zero attached hydrogens (tertiary/aromatic N) is 1. The van der Waals surface area contributed by atoms with E-state index in [2.05, 4.69) is 5.32 Å². The molecule has 0 radical (unpaired) electrons. The summed E-state index contributed by atoms with van der Waals surface area (Å²) in [4.78, 5) is 12.5. The third-order valence-corrected chi connectivity index (χ3v) is 6.54. The fourth-order valence-electron chi connectivity index (χ4n) is 4.24. The molecule has 2 fully saturated rings. The summed E-state index contributed by atoms with van der Waals surface area (Å²) in [5.41, 5.74) is 1.53. The third-order valence-electron chi connectivity index (χ3n) is 5.41. The summed E-state index contributed by atoms with van der Waals surface area (Å²) in [5, 5.41) is 3.08. The van der Waals surface area contributed by atoms with Gasteiger partial charge in [0.1, 0.15) is 6.54 Å². The number of fused-ring (bicyclic) bond motifs is 2. The van der Waals surface area contributed by atoms with E-state index >= 15 is 0 Å². The van der Waals surface area contributed by atoms with Gasteiger partial charge in [-0.2, -0.15) is 0 Å². The second-order valence-corrected chi connectivity index (χ2v) is 9.01. The molecule has 0 spiro atoms. The lowest BCUT2D eigenvalue weighted by molar-refractivity contribution is -0.120. The molecule has 0 aromatic heterocycles. The molecule has 2 aliphatic carbocycles. The highest BCUT2D eigenvalue weighted by Crippen LogP contribution is 2.44. The van der Waals surface area contributed by atoms with Crippen molar-refractivity contribution >= 4 is 21.6 Å². The number of sulfonamides is 1. The molecule has 1 amide bonds. The molecule has 6 heteroatoms. The smallest absolute Gasteiger partial charge is 0.241 e. The molecule has 2 saturated carbocycles. The molecule has 1 aromatic rings. The Morgan fingerprint density at radius 1 is 1.25 bits per heavy atom. The number of anilines is 1. The first-order valence-electron chi connectivity index (χ1n) is 8.73. The van der Waals surface area contributed by atoms with Gasteiger partial charge in [0.15, 0.2) is 0 Å². The van der Waals surface area contributed by atoms with Gasteiger partial charge in [0, 0.05) is 6.04 Å². The number of carbonyl (C=O) groups is 1. The minimum Gasteiger partial charge on any atom is -0.352 e. The number of rotatable bonds is 6. The van der Waals surface area contributed by atoms with Gasteiger partial charge in [-0.1, -0.05) is 31.5 Å². The first-order chi connectivity index (χ1) is 11.4. The normalized spacial score (nSPS) is 25.7. The van der Waals surface area contributed by atoms with Crippen LogP contribution in [0.1, 0.15) is 38.2 Å². The molecule has 0 unspecified atom stereocenters. The second kappa shape index (κ2) is 6.75. The van der Waals surface area contributed by atoms with Gasteiger partial charge in [0.25, 0.3) is 0 Å². The number of benzene rings is 1. The minimum absolute atomic E-state index is 0.149. The summed E-state index contributed by atoms with van der Waals surface area (Å²) >= 11 is 0. The molecule has 2 aliphatic rings. The van der Waals surface area contributed by atoms with E-state index in [0.29, 0.717) is 11.6 Å². The first kappa shape index (κ1) is 17.3. The maximum absolute atomic E-state index is 12.5. The third kappa shape index (κ3) is 3.58. The van der Waals surface area contributed by atoms with Gasteiger partial charge in [-0.3, -0.25) is 9.10 Å². The van der Waals surface area contributed by atoms with E-state index in [1.54, 1.807) is 12.1 Å². The molecule has 0 saturated heterocycles. The molecule has 3 rings (SSSR count). The zero-order valence-electron chi connectivity index (χ0n) is 14.4. The highest BCUT2D eigenvalue weighted by Gasteiger charge is 2.40. The van der Waals surface area contributed by atoms with Crippen LogP contribution >= 0.6 is 0 Å². The maximum Gasteiger partial charge on any atom is 0.241 e. The molecule has 0 heterocycles. The van der Waals surface area contributed by atoms with Crippen molar-refractivity contribution < 1.29 is 13.2 Å². The summed E-state index contributed by atoms with van der Waals surface area (Å²) in [6, 6.07) is 7.59. The SMILES string of the molecule is CCc1ccccc1N(CC(=O)N[C@@H]1C[C@H]2CC[C@@H]1C2)S(C)(=O)=O. The quantitative estimate of drug-likeness (QED) is 0.856. The Morgan fingerprint density at radius 2 is 2.00 bits per heavy atom. The van der Waals surface area contributed by atoms with Crippen molar-refractivity contribution in [3.8, 4) is 0 Å². The second-order valence-electron chi connectivity index (χ2n) is 7.10. The molecule has 132 valence electrons. The molecule has 2 bridgehead atoms. The lowest BCUT2D eigenvalue weighted by Gasteiger charge is -2.27. The molecule has 1 aromatic carbocycles. The standard InChI is InChI=1S/C18H26N2O3S/c1-3-14-6-4-5-7-17(14)20(24(2,22)23)12-18(21)19-16-11-13-8-9-15(16)10-13/h4-7,13,15-16H,3,8-12H2,1-2H3,(H,19,21)/t13-,15+,16+/m0/s1. The van der Waals surface area contributed by atoms with Crippen LogP contribution in [0.25, 0.3) is 0 Å². The van der Waals surface area contributed by atoms with Gasteiger partial charge in [-0.05, 0) is 49.1 Å². The summed E-state index contributed by atoms with van der Waals surface area (Å²) in [6.07, 6.45) is 6.58. The van der Waals surface area contributed by atoms with E-state index < -0.39 is 10.0 Å². The number of amides is 1. The Kier molecular flexibility index (Phi) is 4.85. The fraction of sp³-hybridized carbons (Fsp3) is 0.611. The van der Waals surface area contributed by atoms with E-state index in [0.717, 1.165) is 30.6 Å². The van der Waals surface area contributed by atoms with Crippen LogP contribution in [0.3, 0.4) is 0 Å². The topological polar surface area (TPSA) is 66.5 Å².